The van der Waals surface area contributed by atoms with Crippen LogP contribution in [-0.4, -0.2) is 25.2 Å². The summed E-state index contributed by atoms with van der Waals surface area (Å²) in [7, 11) is 1.70. The van der Waals surface area contributed by atoms with Crippen molar-refractivity contribution in [3.63, 3.8) is 0 Å². The molecule has 0 atom stereocenters. The van der Waals surface area contributed by atoms with Gasteiger partial charge >= 0.3 is 0 Å². The molecule has 1 saturated carbocycles. The number of carbonyl (C=O) groups is 1. The molecule has 3 N–H and O–H groups in total. The molecule has 0 saturated heterocycles. The van der Waals surface area contributed by atoms with Crippen LogP contribution >= 0.6 is 0 Å². The number of carbonyl (C=O) groups excluding carboxylic acids is 1. The highest BCUT2D eigenvalue weighted by atomic mass is 16.5. The number of anilines is 1. The molecule has 1 fully saturated rings. The molecule has 0 spiro atoms. The summed E-state index contributed by atoms with van der Waals surface area (Å²) in [4.78, 5) is 12.1. The Morgan fingerprint density at radius 2 is 2.18 bits per heavy atom. The minimum atomic E-state index is -0.0832. The first kappa shape index (κ1) is 11.9. The smallest absolute Gasteiger partial charge is 0.253 e. The summed E-state index contributed by atoms with van der Waals surface area (Å²) in [6.45, 7) is 1.89. The predicted octanol–water partition coefficient (Wildman–Crippen LogP) is 1.48. The third-order valence-corrected chi connectivity index (χ3v) is 3.30. The lowest BCUT2D eigenvalue weighted by atomic mass is 9.89. The molecule has 1 aliphatic rings. The van der Waals surface area contributed by atoms with Gasteiger partial charge in [0.25, 0.3) is 5.91 Å². The monoisotopic (exact) mass is 234 g/mol. The van der Waals surface area contributed by atoms with Crippen molar-refractivity contribution < 1.29 is 9.53 Å². The number of hydrogen-bond donors (Lipinski definition) is 2. The van der Waals surface area contributed by atoms with Gasteiger partial charge < -0.3 is 15.8 Å². The van der Waals surface area contributed by atoms with Crippen molar-refractivity contribution in [1.29, 1.82) is 0 Å². The molecule has 92 valence electrons. The first-order valence-corrected chi connectivity index (χ1v) is 5.80. The van der Waals surface area contributed by atoms with E-state index in [1.54, 1.807) is 13.2 Å². The van der Waals surface area contributed by atoms with E-state index in [0.717, 1.165) is 18.4 Å². The van der Waals surface area contributed by atoms with E-state index in [-0.39, 0.29) is 18.1 Å². The van der Waals surface area contributed by atoms with Crippen molar-refractivity contribution in [1.82, 2.24) is 5.32 Å². The van der Waals surface area contributed by atoms with E-state index >= 15 is 0 Å². The molecule has 1 aromatic carbocycles. The average molecular weight is 234 g/mol. The highest BCUT2D eigenvalue weighted by molar-refractivity contribution is 6.00. The standard InChI is InChI=1S/C13H18N2O2/c1-8-4-3-5-11(14)12(8)13(16)15-9-6-10(7-9)17-2/h3-5,9-10H,6-7,14H2,1-2H3,(H,15,16). The van der Waals surface area contributed by atoms with E-state index in [1.165, 1.54) is 0 Å². The summed E-state index contributed by atoms with van der Waals surface area (Å²) < 4.78 is 5.18. The first-order chi connectivity index (χ1) is 8.11. The lowest BCUT2D eigenvalue weighted by Gasteiger charge is -2.34. The maximum atomic E-state index is 12.1. The van der Waals surface area contributed by atoms with Gasteiger partial charge in [-0.1, -0.05) is 12.1 Å². The number of nitrogen functional groups attached to an aromatic ring is 1. The summed E-state index contributed by atoms with van der Waals surface area (Å²) in [6, 6.07) is 5.71. The Bertz CT molecular complexity index is 405. The van der Waals surface area contributed by atoms with E-state index in [2.05, 4.69) is 5.32 Å². The minimum absolute atomic E-state index is 0.0832. The number of hydrogen-bond acceptors (Lipinski definition) is 3. The van der Waals surface area contributed by atoms with Crippen LogP contribution in [0, 0.1) is 6.92 Å². The van der Waals surface area contributed by atoms with Gasteiger partial charge in [0, 0.05) is 18.8 Å². The topological polar surface area (TPSA) is 64.3 Å². The van der Waals surface area contributed by atoms with Crippen LogP contribution in [0.5, 0.6) is 0 Å². The third-order valence-electron chi connectivity index (χ3n) is 3.30. The fraction of sp³-hybridized carbons (Fsp3) is 0.462. The SMILES string of the molecule is COC1CC(NC(=O)c2c(C)cccc2N)C1. The zero-order valence-corrected chi connectivity index (χ0v) is 10.2. The predicted molar refractivity (Wildman–Crippen MR) is 66.9 cm³/mol. The molecule has 17 heavy (non-hydrogen) atoms. The molecule has 1 amide bonds. The Labute approximate surface area is 101 Å². The highest BCUT2D eigenvalue weighted by Gasteiger charge is 2.30. The van der Waals surface area contributed by atoms with Crippen molar-refractivity contribution in [3.05, 3.63) is 29.3 Å². The summed E-state index contributed by atoms with van der Waals surface area (Å²) in [5, 5.41) is 2.98. The summed E-state index contributed by atoms with van der Waals surface area (Å²) in [5.41, 5.74) is 7.86. The number of nitrogens with one attached hydrogen (secondary N) is 1. The van der Waals surface area contributed by atoms with Crippen LogP contribution in [0.1, 0.15) is 28.8 Å². The van der Waals surface area contributed by atoms with Gasteiger partial charge in [-0.2, -0.15) is 0 Å². The maximum absolute atomic E-state index is 12.1. The molecular formula is C13H18N2O2. The average Bonchev–Trinajstić information content (AvgIpc) is 2.22. The van der Waals surface area contributed by atoms with Crippen LogP contribution in [0.2, 0.25) is 0 Å². The van der Waals surface area contributed by atoms with Crippen molar-refractivity contribution in [2.24, 2.45) is 0 Å². The molecule has 0 radical (unpaired) electrons. The Morgan fingerprint density at radius 3 is 2.76 bits per heavy atom. The van der Waals surface area contributed by atoms with Crippen LogP contribution < -0.4 is 11.1 Å². The van der Waals surface area contributed by atoms with Crippen molar-refractivity contribution in [2.45, 2.75) is 31.9 Å². The molecule has 2 rings (SSSR count). The Hall–Kier alpha value is -1.55. The minimum Gasteiger partial charge on any atom is -0.398 e. The number of aryl methyl sites for hydroxylation is 1. The molecule has 4 heteroatoms. The van der Waals surface area contributed by atoms with Gasteiger partial charge in [0.05, 0.1) is 11.7 Å². The highest BCUT2D eigenvalue weighted by Crippen LogP contribution is 2.24. The normalized spacial score (nSPS) is 22.9. The molecule has 0 heterocycles. The van der Waals surface area contributed by atoms with E-state index in [0.29, 0.717) is 11.3 Å². The van der Waals surface area contributed by atoms with Crippen LogP contribution in [0.25, 0.3) is 0 Å². The van der Waals surface area contributed by atoms with Gasteiger partial charge in [0.15, 0.2) is 0 Å². The van der Waals surface area contributed by atoms with Gasteiger partial charge in [-0.25, -0.2) is 0 Å². The molecule has 0 aromatic heterocycles. The fourth-order valence-corrected chi connectivity index (χ4v) is 2.13. The van der Waals surface area contributed by atoms with Crippen LogP contribution in [-0.2, 0) is 4.74 Å². The number of ether oxygens (including phenoxy) is 1. The zero-order valence-electron chi connectivity index (χ0n) is 10.2. The van der Waals surface area contributed by atoms with Crippen molar-refractivity contribution >= 4 is 11.6 Å². The Balaban J connectivity index is 2.01. The number of rotatable bonds is 3. The van der Waals surface area contributed by atoms with Crippen molar-refractivity contribution in [3.8, 4) is 0 Å². The quantitative estimate of drug-likeness (QED) is 0.779. The van der Waals surface area contributed by atoms with Gasteiger partial charge in [-0.05, 0) is 31.4 Å². The molecular weight excluding hydrogens is 216 g/mol. The summed E-state index contributed by atoms with van der Waals surface area (Å²) in [6.07, 6.45) is 2.05. The largest absolute Gasteiger partial charge is 0.398 e. The molecule has 0 bridgehead atoms. The molecule has 1 aliphatic carbocycles. The lowest BCUT2D eigenvalue weighted by molar-refractivity contribution is 0.0176. The fourth-order valence-electron chi connectivity index (χ4n) is 2.13. The molecule has 1 aromatic rings. The third kappa shape index (κ3) is 2.42. The molecule has 4 nitrogen and oxygen atoms in total. The van der Waals surface area contributed by atoms with Crippen LogP contribution in [0.3, 0.4) is 0 Å². The number of amides is 1. The van der Waals surface area contributed by atoms with Gasteiger partial charge in [-0.15, -0.1) is 0 Å². The van der Waals surface area contributed by atoms with E-state index < -0.39 is 0 Å². The second-order valence-corrected chi connectivity index (χ2v) is 4.54. The van der Waals surface area contributed by atoms with Crippen LogP contribution in [0.15, 0.2) is 18.2 Å². The number of benzene rings is 1. The number of nitrogens with two attached hydrogens (primary N) is 1. The summed E-state index contributed by atoms with van der Waals surface area (Å²) in [5.74, 6) is -0.0832. The Kier molecular flexibility index (Phi) is 3.33. The van der Waals surface area contributed by atoms with Crippen LogP contribution in [0.4, 0.5) is 5.69 Å². The summed E-state index contributed by atoms with van der Waals surface area (Å²) >= 11 is 0. The van der Waals surface area contributed by atoms with E-state index in [4.69, 9.17) is 10.5 Å². The maximum Gasteiger partial charge on any atom is 0.253 e. The van der Waals surface area contributed by atoms with E-state index in [9.17, 15) is 4.79 Å². The zero-order chi connectivity index (χ0) is 12.4. The van der Waals surface area contributed by atoms with Gasteiger partial charge in [-0.3, -0.25) is 4.79 Å². The Morgan fingerprint density at radius 1 is 1.47 bits per heavy atom. The number of methoxy groups -OCH3 is 1. The first-order valence-electron chi connectivity index (χ1n) is 5.80. The second kappa shape index (κ2) is 4.75. The second-order valence-electron chi connectivity index (χ2n) is 4.54. The molecule has 0 unspecified atom stereocenters. The van der Waals surface area contributed by atoms with Gasteiger partial charge in [0.1, 0.15) is 0 Å². The van der Waals surface area contributed by atoms with Crippen molar-refractivity contribution in [2.75, 3.05) is 12.8 Å². The van der Waals surface area contributed by atoms with Gasteiger partial charge in [0.2, 0.25) is 0 Å². The lowest BCUT2D eigenvalue weighted by Crippen LogP contribution is -2.47. The van der Waals surface area contributed by atoms with E-state index in [1.807, 2.05) is 19.1 Å². The molecule has 0 aliphatic heterocycles.